The van der Waals surface area contributed by atoms with Crippen molar-refractivity contribution in [3.63, 3.8) is 0 Å². The summed E-state index contributed by atoms with van der Waals surface area (Å²) in [5, 5.41) is 16.1. The Morgan fingerprint density at radius 3 is 1.70 bits per heavy atom. The highest BCUT2D eigenvalue weighted by molar-refractivity contribution is 14.1. The van der Waals surface area contributed by atoms with E-state index >= 15 is 0 Å². The first-order valence-corrected chi connectivity index (χ1v) is 17.8. The number of rotatable bonds is 1. The van der Waals surface area contributed by atoms with Gasteiger partial charge in [-0.05, 0) is 109 Å². The van der Waals surface area contributed by atoms with Crippen LogP contribution in [0.1, 0.15) is 86.1 Å². The lowest BCUT2D eigenvalue weighted by molar-refractivity contribution is 0.0200. The van der Waals surface area contributed by atoms with Crippen LogP contribution in [0.3, 0.4) is 0 Å². The second-order valence-corrected chi connectivity index (χ2v) is 16.4. The van der Waals surface area contributed by atoms with Gasteiger partial charge in [-0.1, -0.05) is 52.0 Å². The van der Waals surface area contributed by atoms with E-state index in [0.717, 1.165) is 78.1 Å². The number of benzene rings is 2. The molecule has 2 aliphatic heterocycles. The summed E-state index contributed by atoms with van der Waals surface area (Å²) in [7, 11) is 0. The lowest BCUT2D eigenvalue weighted by atomic mass is 9.89. The van der Waals surface area contributed by atoms with Crippen molar-refractivity contribution >= 4 is 72.5 Å². The van der Waals surface area contributed by atoms with Crippen molar-refractivity contribution in [1.29, 1.82) is 0 Å². The molecule has 2 saturated heterocycles. The Hall–Kier alpha value is -2.87. The number of hydrogen-bond donors (Lipinski definition) is 2. The lowest BCUT2D eigenvalue weighted by Gasteiger charge is -2.33. The summed E-state index contributed by atoms with van der Waals surface area (Å²) < 4.78 is 12.5. The number of hydrogen-bond acceptors (Lipinski definition) is 6. The molecule has 4 heterocycles. The van der Waals surface area contributed by atoms with Crippen LogP contribution in [-0.4, -0.2) is 83.7 Å². The Morgan fingerprint density at radius 2 is 1.21 bits per heavy atom. The molecule has 6 rings (SSSR count). The Bertz CT molecular complexity index is 1580. The minimum absolute atomic E-state index is 0. The number of nitrogens with one attached hydrogen (secondary N) is 2. The number of halogens is 2. The number of amides is 2. The molecule has 2 aromatic carbocycles. The second-order valence-electron chi connectivity index (χ2n) is 13.7. The first-order chi connectivity index (χ1) is 21.7. The number of piperidine rings is 2. The molecule has 2 amide bonds. The van der Waals surface area contributed by atoms with Crippen LogP contribution in [0.4, 0.5) is 9.59 Å². The fraction of sp³-hybridized carbons (Fsp3) is 0.543. The summed E-state index contributed by atoms with van der Waals surface area (Å²) in [6.07, 6.45) is 7.41. The average Bonchev–Trinajstić information content (AvgIpc) is 3.65. The van der Waals surface area contributed by atoms with Gasteiger partial charge in [-0.2, -0.15) is 10.2 Å². The third-order valence-electron chi connectivity index (χ3n) is 7.56. The zero-order chi connectivity index (χ0) is 33.5. The summed E-state index contributed by atoms with van der Waals surface area (Å²) in [6.45, 7) is 14.6. The maximum atomic E-state index is 12.1. The van der Waals surface area contributed by atoms with Crippen LogP contribution in [0.15, 0.2) is 53.3 Å². The number of likely N-dealkylation sites (tertiary alicyclic amines) is 2. The monoisotopic (exact) mass is 824 g/mol. The lowest BCUT2D eigenvalue weighted by Crippen LogP contribution is -2.41. The maximum absolute atomic E-state index is 12.1. The van der Waals surface area contributed by atoms with Crippen molar-refractivity contribution in [3.8, 4) is 0 Å². The number of nitrogens with zero attached hydrogens (tertiary/aromatic N) is 4. The van der Waals surface area contributed by atoms with Gasteiger partial charge in [0.15, 0.2) is 0 Å². The van der Waals surface area contributed by atoms with Gasteiger partial charge in [0.2, 0.25) is 0 Å². The van der Waals surface area contributed by atoms with Crippen molar-refractivity contribution < 1.29 is 19.1 Å². The highest BCUT2D eigenvalue weighted by Gasteiger charge is 2.28. The highest BCUT2D eigenvalue weighted by Crippen LogP contribution is 2.30. The smallest absolute Gasteiger partial charge is 0.410 e. The molecule has 2 fully saturated rings. The molecule has 0 spiro atoms. The van der Waals surface area contributed by atoms with Gasteiger partial charge in [0.1, 0.15) is 11.2 Å². The topological polar surface area (TPSA) is 116 Å². The molecule has 10 nitrogen and oxygen atoms in total. The number of aromatic nitrogens is 4. The Morgan fingerprint density at radius 1 is 0.766 bits per heavy atom. The molecule has 0 unspecified atom stereocenters. The van der Waals surface area contributed by atoms with Crippen LogP contribution in [0.25, 0.3) is 21.8 Å². The van der Waals surface area contributed by atoms with Crippen molar-refractivity contribution in [1.82, 2.24) is 30.2 Å². The molecule has 258 valence electrons. The van der Waals surface area contributed by atoms with E-state index < -0.39 is 5.60 Å². The number of alkyl halides is 1. The predicted molar refractivity (Wildman–Crippen MR) is 201 cm³/mol. The molecule has 0 radical (unpaired) electrons. The fourth-order valence-electron chi connectivity index (χ4n) is 5.21. The number of carbonyl (C=O) groups is 2. The van der Waals surface area contributed by atoms with Gasteiger partial charge in [-0.25, -0.2) is 9.59 Å². The molecular weight excluding hydrogens is 775 g/mol. The highest BCUT2D eigenvalue weighted by atomic mass is 127. The summed E-state index contributed by atoms with van der Waals surface area (Å²) in [4.78, 5) is 27.3. The van der Waals surface area contributed by atoms with Crippen LogP contribution < -0.4 is 0 Å². The summed E-state index contributed by atoms with van der Waals surface area (Å²) in [5.74, 6) is 0.498. The number of H-pyrrole nitrogens is 2. The molecule has 12 heteroatoms. The van der Waals surface area contributed by atoms with Crippen molar-refractivity contribution in [2.45, 2.75) is 95.7 Å². The molecule has 2 aromatic heterocycles. The van der Waals surface area contributed by atoms with E-state index in [2.05, 4.69) is 77.1 Å². The Balaban J connectivity index is 0.000000206. The molecule has 2 N–H and O–H groups in total. The van der Waals surface area contributed by atoms with Crippen molar-refractivity contribution in [2.24, 2.45) is 0 Å². The molecule has 0 atom stereocenters. The van der Waals surface area contributed by atoms with Gasteiger partial charge in [0.05, 0.1) is 23.4 Å². The molecule has 0 bridgehead atoms. The Labute approximate surface area is 301 Å². The third-order valence-corrected chi connectivity index (χ3v) is 9.30. The fourth-order valence-corrected chi connectivity index (χ4v) is 6.14. The van der Waals surface area contributed by atoms with Gasteiger partial charge in [-0.3, -0.25) is 10.2 Å². The largest absolute Gasteiger partial charge is 0.444 e. The minimum atomic E-state index is -0.430. The third kappa shape index (κ3) is 12.3. The van der Waals surface area contributed by atoms with Crippen LogP contribution in [0.2, 0.25) is 0 Å². The van der Waals surface area contributed by atoms with Crippen LogP contribution in [-0.2, 0) is 9.47 Å². The molecule has 4 aromatic rings. The molecule has 47 heavy (non-hydrogen) atoms. The van der Waals surface area contributed by atoms with Crippen molar-refractivity contribution in [3.05, 3.63) is 58.8 Å². The predicted octanol–water partition coefficient (Wildman–Crippen LogP) is 9.46. The van der Waals surface area contributed by atoms with E-state index in [0.29, 0.717) is 9.84 Å². The first-order valence-electron chi connectivity index (χ1n) is 15.8. The SMILES string of the molecule is Brc1ccc2[nH]ncc2c1.C.CC(C)(C)OC(=O)N1CCC(I)CC1.CC(C)(C)OC(=O)N1CCC(c2ccc3[nH]ncc3c2)CC1. The Kier molecular flexibility index (Phi) is 13.9. The quantitative estimate of drug-likeness (QED) is 0.146. The average molecular weight is 826 g/mol. The van der Waals surface area contributed by atoms with Crippen molar-refractivity contribution in [2.75, 3.05) is 26.2 Å². The van der Waals surface area contributed by atoms with E-state index in [1.54, 1.807) is 11.1 Å². The van der Waals surface area contributed by atoms with Crippen LogP contribution in [0, 0.1) is 0 Å². The van der Waals surface area contributed by atoms with E-state index in [1.165, 1.54) is 5.56 Å². The van der Waals surface area contributed by atoms with Gasteiger partial charge < -0.3 is 19.3 Å². The normalized spacial score (nSPS) is 16.0. The van der Waals surface area contributed by atoms with E-state index in [9.17, 15) is 9.59 Å². The number of aromatic amines is 2. The van der Waals surface area contributed by atoms with Gasteiger partial charge in [0, 0.05) is 45.3 Å². The molecular formula is C35H50BrIN6O4. The zero-order valence-electron chi connectivity index (χ0n) is 27.6. The number of ether oxygens (including phenoxy) is 2. The molecule has 0 aliphatic carbocycles. The zero-order valence-corrected chi connectivity index (χ0v) is 31.4. The van der Waals surface area contributed by atoms with Crippen LogP contribution >= 0.6 is 38.5 Å². The molecule has 0 saturated carbocycles. The van der Waals surface area contributed by atoms with E-state index in [1.807, 2.05) is 70.8 Å². The van der Waals surface area contributed by atoms with E-state index in [-0.39, 0.29) is 25.2 Å². The minimum Gasteiger partial charge on any atom is -0.444 e. The summed E-state index contributed by atoms with van der Waals surface area (Å²) >= 11 is 5.82. The van der Waals surface area contributed by atoms with E-state index in [4.69, 9.17) is 9.47 Å². The summed E-state index contributed by atoms with van der Waals surface area (Å²) in [6, 6.07) is 12.4. The second kappa shape index (κ2) is 17.0. The first kappa shape index (κ1) is 38.6. The number of fused-ring (bicyclic) bond motifs is 2. The maximum Gasteiger partial charge on any atom is 0.410 e. The van der Waals surface area contributed by atoms with Gasteiger partial charge in [0.25, 0.3) is 0 Å². The van der Waals surface area contributed by atoms with Gasteiger partial charge >= 0.3 is 12.2 Å². The molecule has 2 aliphatic rings. The van der Waals surface area contributed by atoms with Crippen LogP contribution in [0.5, 0.6) is 0 Å². The summed E-state index contributed by atoms with van der Waals surface area (Å²) in [5.41, 5.74) is 2.66. The number of carbonyl (C=O) groups excluding carboxylic acids is 2. The van der Waals surface area contributed by atoms with Gasteiger partial charge in [-0.15, -0.1) is 0 Å². The standard InChI is InChI=1S/C17H23N3O2.C10H18INO2.C7H5BrN2.CH4/c1-17(2,3)22-16(21)20-8-6-12(7-9-20)13-4-5-15-14(10-13)11-18-19-15;1-10(2,3)14-9(13)12-6-4-8(11)5-7-12;8-6-1-2-7-5(3-6)4-9-10-7;/h4-5,10-12H,6-9H2,1-3H3,(H,18,19);8H,4-7H2,1-3H3;1-4H,(H,9,10);1H4.